The van der Waals surface area contributed by atoms with E-state index in [-0.39, 0.29) is 43.7 Å². The van der Waals surface area contributed by atoms with Crippen molar-refractivity contribution in [3.05, 3.63) is 71.9 Å². The summed E-state index contributed by atoms with van der Waals surface area (Å²) in [6.45, 7) is 12.8. The third-order valence-electron chi connectivity index (χ3n) is 19.9. The molecular weight excluding hydrogens is 1580 g/mol. The highest BCUT2D eigenvalue weighted by Gasteiger charge is 2.48. The molecule has 656 valence electrons. The first kappa shape index (κ1) is 97.8. The Morgan fingerprint density at radius 1 is 0.672 bits per heavy atom. The number of para-hydroxylation sites is 1. The molecule has 1 aromatic heterocycles. The number of aliphatic imine (C=N–C) groups is 1. The van der Waals surface area contributed by atoms with Gasteiger partial charge in [0.05, 0.1) is 25.2 Å². The van der Waals surface area contributed by atoms with E-state index in [0.29, 0.717) is 44.7 Å². The summed E-state index contributed by atoms with van der Waals surface area (Å²) in [6.07, 6.45) is -5.69. The van der Waals surface area contributed by atoms with Crippen LogP contribution in [0, 0.1) is 17.3 Å². The van der Waals surface area contributed by atoms with E-state index in [1.54, 1.807) is 103 Å². The number of primary amides is 2. The molecule has 42 nitrogen and oxygen atoms in total. The SMILES string of the molecule is CC(C)CC1NC(=O)C(CCC(N)=O)N(C)C(=O)[C@@H]([C@H](C)O)N(C(=O)C(CS(=O)(=O)O)NC(=O)C(CCCN=C(N)N)NC(=O)C(Cc2c[nH]c3ccccc23)NC(=O)C(NC(=O)C(NC(=O)C2CCCN2C(=O)C(Cc2ccccc2)NC(=O)C(C)NC=O)C(C)(C)C)C(C)C)C(=O)CN(C)C(=O)[C@H]([C@@H](C)O)NC(=O)C(CC(N)=O)NC1=O. The molecule has 15 atom stereocenters. The standard InChI is InChI=1S/C76H114N20O22S/c1-38(2)30-48-64(105)85-50(33-56(78)101)66(107)91-59(41(6)98)73(114)93(11)35-57(102)96(60(42(7)99)74(115)94(12)53(67(108)86-48)26-27-55(77)100)72(113)52(36-119(116,117)118)89-63(104)47(24-18-28-81-75(79)80)84-65(106)49(32-44-34-82-46-23-17-16-22-45(44)46)87-69(110)58(39(3)4)90-70(111)61(76(8,9)10)92-68(109)54-25-19-29-95(54)71(112)51(31-43-20-14-13-15-21-43)88-62(103)40(5)83-37-97/h13-17,20-23,34,37-42,47-54,58-61,82,98-99H,18-19,24-33,35-36H2,1-12H3,(H2,77,100)(H2,78,101)(H,83,97)(H,84,106)(H,85,105)(H,86,108)(H,87,110)(H,88,103)(H,89,104)(H,90,111)(H,91,107)(H,92,109)(H4,79,80,81)(H,116,117,118)/t40?,41-,42+,47?,48?,49?,50?,51?,52?,53?,54?,58?,59+,60-,61?/m1/s1. The number of guanidine groups is 1. The smallest absolute Gasteiger partial charge is 0.267 e. The van der Waals surface area contributed by atoms with E-state index < -0.39 is 263 Å². The number of nitrogens with one attached hydrogen (secondary N) is 11. The molecule has 2 aliphatic heterocycles. The first-order valence-corrected chi connectivity index (χ1v) is 40.3. The number of likely N-dealkylation sites (tertiary alicyclic amines) is 1. The second kappa shape index (κ2) is 44.2. The van der Waals surface area contributed by atoms with Gasteiger partial charge in [0.25, 0.3) is 16.0 Å². The zero-order chi connectivity index (χ0) is 89.4. The largest absolute Gasteiger partial charge is 0.391 e. The van der Waals surface area contributed by atoms with Crippen molar-refractivity contribution in [2.75, 3.05) is 39.5 Å². The molecule has 2 saturated heterocycles. The third kappa shape index (κ3) is 28.8. The minimum Gasteiger partial charge on any atom is -0.391 e. The van der Waals surface area contributed by atoms with Crippen LogP contribution in [0.5, 0.6) is 0 Å². The van der Waals surface area contributed by atoms with Crippen molar-refractivity contribution in [3.8, 4) is 0 Å². The van der Waals surface area contributed by atoms with Crippen LogP contribution in [0.2, 0.25) is 0 Å². The summed E-state index contributed by atoms with van der Waals surface area (Å²) in [4.78, 5) is 252. The highest BCUT2D eigenvalue weighted by Crippen LogP contribution is 2.27. The highest BCUT2D eigenvalue weighted by molar-refractivity contribution is 7.85. The summed E-state index contributed by atoms with van der Waals surface area (Å²) in [7, 11) is -3.86. The molecule has 3 aromatic rings. The van der Waals surface area contributed by atoms with Crippen molar-refractivity contribution in [1.29, 1.82) is 0 Å². The lowest BCUT2D eigenvalue weighted by molar-refractivity contribution is -0.163. The number of hydrogen-bond donors (Lipinski definition) is 18. The molecule has 11 unspecified atom stereocenters. The second-order valence-corrected chi connectivity index (χ2v) is 33.0. The van der Waals surface area contributed by atoms with Crippen LogP contribution >= 0.6 is 0 Å². The van der Waals surface area contributed by atoms with Crippen molar-refractivity contribution in [2.45, 2.75) is 224 Å². The number of aromatic nitrogens is 1. The number of aliphatic hydroxyl groups is 2. The van der Waals surface area contributed by atoms with Gasteiger partial charge in [-0.3, -0.25) is 96.0 Å². The first-order chi connectivity index (χ1) is 55.6. The number of H-pyrrole nitrogens is 1. The molecule has 2 aliphatic rings. The molecule has 5 rings (SSSR count). The number of rotatable bonds is 36. The lowest BCUT2D eigenvalue weighted by Gasteiger charge is -2.38. The van der Waals surface area contributed by atoms with Gasteiger partial charge < -0.3 is 106 Å². The summed E-state index contributed by atoms with van der Waals surface area (Å²) in [5.41, 5.74) is 22.7. The van der Waals surface area contributed by atoms with Crippen molar-refractivity contribution < 1.29 is 105 Å². The zero-order valence-corrected chi connectivity index (χ0v) is 69.4. The van der Waals surface area contributed by atoms with E-state index in [1.165, 1.54) is 18.0 Å². The quantitative estimate of drug-likeness (QED) is 0.00847. The number of fused-ring (bicyclic) bond motifs is 1. The van der Waals surface area contributed by atoms with Crippen LogP contribution < -0.4 is 76.1 Å². The van der Waals surface area contributed by atoms with Crippen molar-refractivity contribution >= 4 is 128 Å². The van der Waals surface area contributed by atoms with Gasteiger partial charge in [-0.05, 0) is 93.7 Å². The van der Waals surface area contributed by atoms with Gasteiger partial charge in [-0.1, -0.05) is 97.0 Å². The molecule has 17 amide bonds. The number of hydrogen-bond acceptors (Lipinski definition) is 22. The first-order valence-electron chi connectivity index (χ1n) is 38.7. The Morgan fingerprint density at radius 3 is 1.85 bits per heavy atom. The minimum absolute atomic E-state index is 0.00133. The monoisotopic (exact) mass is 1690 g/mol. The number of aliphatic hydroxyl groups excluding tert-OH is 2. The normalized spacial score (nSPS) is 20.4. The fraction of sp³-hybridized carbons (Fsp3) is 0.579. The van der Waals surface area contributed by atoms with Crippen molar-refractivity contribution in [3.63, 3.8) is 0 Å². The molecule has 2 aromatic carbocycles. The number of nitrogens with zero attached hydrogens (tertiary/aromatic N) is 5. The number of imide groups is 1. The maximum absolute atomic E-state index is 15.7. The Kier molecular flexibility index (Phi) is 36.3. The third-order valence-corrected chi connectivity index (χ3v) is 20.6. The predicted octanol–water partition coefficient (Wildman–Crippen LogP) is -5.94. The number of carbonyl (C=O) groups excluding carboxylic acids is 17. The van der Waals surface area contributed by atoms with E-state index in [1.807, 2.05) is 0 Å². The molecule has 0 spiro atoms. The molecule has 22 N–H and O–H groups in total. The van der Waals surface area contributed by atoms with Gasteiger partial charge in [0, 0.05) is 63.5 Å². The number of aromatic amines is 1. The van der Waals surface area contributed by atoms with Gasteiger partial charge in [-0.15, -0.1) is 0 Å². The molecule has 0 saturated carbocycles. The summed E-state index contributed by atoms with van der Waals surface area (Å²) >= 11 is 0. The van der Waals surface area contributed by atoms with Crippen LogP contribution in [0.15, 0.2) is 65.8 Å². The zero-order valence-electron chi connectivity index (χ0n) is 68.6. The number of likely N-dealkylation sites (N-methyl/N-ethyl adjacent to an activating group) is 2. The Bertz CT molecular complexity index is 4340. The Hall–Kier alpha value is -11.7. The van der Waals surface area contributed by atoms with Crippen molar-refractivity contribution in [1.82, 2.24) is 77.8 Å². The summed E-state index contributed by atoms with van der Waals surface area (Å²) < 4.78 is 37.2. The average Bonchev–Trinajstić information content (AvgIpc) is 1.07. The van der Waals surface area contributed by atoms with Crippen LogP contribution in [0.3, 0.4) is 0 Å². The van der Waals surface area contributed by atoms with Crippen LogP contribution in [0.25, 0.3) is 10.9 Å². The van der Waals surface area contributed by atoms with Crippen LogP contribution in [0.4, 0.5) is 0 Å². The van der Waals surface area contributed by atoms with Crippen LogP contribution in [-0.4, -0.2) is 285 Å². The number of nitrogens with two attached hydrogens (primary N) is 4. The van der Waals surface area contributed by atoms with Crippen LogP contribution in [0.1, 0.15) is 132 Å². The lowest BCUT2D eigenvalue weighted by Crippen LogP contribution is -2.66. The number of carbonyl (C=O) groups is 17. The molecular formula is C76H114N20O22S. The summed E-state index contributed by atoms with van der Waals surface area (Å²) in [6, 6.07) is -7.90. The molecule has 0 aliphatic carbocycles. The highest BCUT2D eigenvalue weighted by atomic mass is 32.2. The average molecular weight is 1690 g/mol. The van der Waals surface area contributed by atoms with E-state index in [4.69, 9.17) is 22.9 Å². The van der Waals surface area contributed by atoms with Crippen molar-refractivity contribution in [2.24, 2.45) is 45.2 Å². The van der Waals surface area contributed by atoms with Gasteiger partial charge in [0.1, 0.15) is 84.3 Å². The van der Waals surface area contributed by atoms with E-state index in [0.717, 1.165) is 27.9 Å². The molecule has 119 heavy (non-hydrogen) atoms. The molecule has 43 heteroatoms. The van der Waals surface area contributed by atoms with E-state index in [2.05, 4.69) is 63.1 Å². The lowest BCUT2D eigenvalue weighted by atomic mass is 9.85. The van der Waals surface area contributed by atoms with Gasteiger partial charge in [-0.25, -0.2) is 0 Å². The van der Waals surface area contributed by atoms with Gasteiger partial charge >= 0.3 is 0 Å². The van der Waals surface area contributed by atoms with Gasteiger partial charge in [-0.2, -0.15) is 8.42 Å². The molecule has 3 heterocycles. The summed E-state index contributed by atoms with van der Waals surface area (Å²) in [5.74, 6) is -22.9. The summed E-state index contributed by atoms with van der Waals surface area (Å²) in [5, 5.41) is 48.0. The van der Waals surface area contributed by atoms with Gasteiger partial charge in [0.15, 0.2) is 5.96 Å². The maximum Gasteiger partial charge on any atom is 0.267 e. The van der Waals surface area contributed by atoms with E-state index >= 15 is 28.8 Å². The molecule has 0 bridgehead atoms. The predicted molar refractivity (Wildman–Crippen MR) is 428 cm³/mol. The van der Waals surface area contributed by atoms with Crippen LogP contribution in [-0.2, 0) is 104 Å². The fourth-order valence-corrected chi connectivity index (χ4v) is 14.2. The van der Waals surface area contributed by atoms with Gasteiger partial charge in [0.2, 0.25) is 95.0 Å². The number of benzene rings is 2. The second-order valence-electron chi connectivity index (χ2n) is 31.5. The maximum atomic E-state index is 15.7. The minimum atomic E-state index is -5.62. The number of amides is 17. The molecule has 2 fully saturated rings. The topological polar surface area (TPSA) is 651 Å². The Morgan fingerprint density at radius 2 is 1.27 bits per heavy atom. The molecule has 0 radical (unpaired) electrons. The Balaban J connectivity index is 1.60. The van der Waals surface area contributed by atoms with E-state index in [9.17, 15) is 75.9 Å². The Labute approximate surface area is 688 Å². The fourth-order valence-electron chi connectivity index (χ4n) is 13.6.